The Bertz CT molecular complexity index is 758. The van der Waals surface area contributed by atoms with Crippen LogP contribution in [0.2, 0.25) is 5.28 Å². The zero-order valence-electron chi connectivity index (χ0n) is 9.64. The van der Waals surface area contributed by atoms with E-state index in [2.05, 4.69) is 15.0 Å². The van der Waals surface area contributed by atoms with E-state index in [4.69, 9.17) is 17.3 Å². The van der Waals surface area contributed by atoms with Gasteiger partial charge in [0, 0.05) is 5.56 Å². The average Bonchev–Trinajstić information content (AvgIpc) is 2.39. The van der Waals surface area contributed by atoms with Crippen LogP contribution in [-0.2, 0) is 0 Å². The molecular weight excluding hydrogens is 267 g/mol. The van der Waals surface area contributed by atoms with Crippen LogP contribution in [-0.4, -0.2) is 15.0 Å². The number of fused-ring (bicyclic) bond motifs is 1. The lowest BCUT2D eigenvalue weighted by Crippen LogP contribution is -1.97. The number of nitrogens with two attached hydrogens (primary N) is 1. The van der Waals surface area contributed by atoms with Gasteiger partial charge in [-0.3, -0.25) is 0 Å². The molecule has 0 atom stereocenters. The van der Waals surface area contributed by atoms with Crippen molar-refractivity contribution in [2.24, 2.45) is 0 Å². The van der Waals surface area contributed by atoms with Crippen LogP contribution in [0, 0.1) is 5.82 Å². The molecule has 0 bridgehead atoms. The van der Waals surface area contributed by atoms with E-state index in [9.17, 15) is 4.39 Å². The molecule has 6 heteroatoms. The second kappa shape index (κ2) is 4.44. The average molecular weight is 275 g/mol. The van der Waals surface area contributed by atoms with Crippen molar-refractivity contribution in [3.05, 3.63) is 47.5 Å². The van der Waals surface area contributed by atoms with Crippen molar-refractivity contribution in [3.8, 4) is 11.3 Å². The minimum Gasteiger partial charge on any atom is -0.382 e. The standard InChI is InChI=1S/C13H8ClFN4/c14-13-18-10-6-5-9(17-11(10)12(16)19-13)7-1-3-8(15)4-2-7/h1-6H,(H2,16,18,19). The van der Waals surface area contributed by atoms with Gasteiger partial charge in [0.2, 0.25) is 5.28 Å². The first-order chi connectivity index (χ1) is 9.13. The molecule has 2 aromatic heterocycles. The molecule has 3 aromatic rings. The fourth-order valence-corrected chi connectivity index (χ4v) is 1.97. The molecule has 0 spiro atoms. The molecule has 2 N–H and O–H groups in total. The smallest absolute Gasteiger partial charge is 0.225 e. The van der Waals surface area contributed by atoms with Crippen LogP contribution in [0.25, 0.3) is 22.3 Å². The second-order valence-electron chi connectivity index (χ2n) is 3.95. The van der Waals surface area contributed by atoms with Crippen molar-refractivity contribution in [1.29, 1.82) is 0 Å². The van der Waals surface area contributed by atoms with Crippen LogP contribution in [0.5, 0.6) is 0 Å². The zero-order valence-corrected chi connectivity index (χ0v) is 10.4. The Hall–Kier alpha value is -2.27. The van der Waals surface area contributed by atoms with Crippen LogP contribution in [0.1, 0.15) is 0 Å². The number of nitrogens with zero attached hydrogens (tertiary/aromatic N) is 3. The van der Waals surface area contributed by atoms with Crippen molar-refractivity contribution >= 4 is 28.5 Å². The maximum absolute atomic E-state index is 12.9. The van der Waals surface area contributed by atoms with Gasteiger partial charge in [-0.1, -0.05) is 0 Å². The Balaban J connectivity index is 2.19. The minimum atomic E-state index is -0.292. The summed E-state index contributed by atoms with van der Waals surface area (Å²) < 4.78 is 12.9. The van der Waals surface area contributed by atoms with E-state index >= 15 is 0 Å². The summed E-state index contributed by atoms with van der Waals surface area (Å²) in [5.74, 6) is -0.0712. The number of rotatable bonds is 1. The van der Waals surface area contributed by atoms with Gasteiger partial charge in [-0.15, -0.1) is 0 Å². The highest BCUT2D eigenvalue weighted by Gasteiger charge is 2.07. The first-order valence-electron chi connectivity index (χ1n) is 5.49. The Morgan fingerprint density at radius 2 is 1.68 bits per heavy atom. The molecule has 4 nitrogen and oxygen atoms in total. The number of hydrogen-bond donors (Lipinski definition) is 1. The second-order valence-corrected chi connectivity index (χ2v) is 4.29. The van der Waals surface area contributed by atoms with Crippen molar-refractivity contribution < 1.29 is 4.39 Å². The summed E-state index contributed by atoms with van der Waals surface area (Å²) in [6, 6.07) is 9.59. The SMILES string of the molecule is Nc1nc(Cl)nc2ccc(-c3ccc(F)cc3)nc12. The van der Waals surface area contributed by atoms with Crippen LogP contribution in [0.3, 0.4) is 0 Å². The molecule has 1 aromatic carbocycles. The molecule has 0 saturated heterocycles. The number of halogens is 2. The fourth-order valence-electron chi connectivity index (χ4n) is 1.79. The van der Waals surface area contributed by atoms with E-state index in [1.807, 2.05) is 0 Å². The molecule has 0 aliphatic carbocycles. The summed E-state index contributed by atoms with van der Waals surface area (Å²) in [4.78, 5) is 12.3. The van der Waals surface area contributed by atoms with Crippen molar-refractivity contribution in [2.45, 2.75) is 0 Å². The van der Waals surface area contributed by atoms with E-state index in [0.29, 0.717) is 16.7 Å². The highest BCUT2D eigenvalue weighted by molar-refractivity contribution is 6.28. The van der Waals surface area contributed by atoms with Gasteiger partial charge in [0.05, 0.1) is 11.2 Å². The quantitative estimate of drug-likeness (QED) is 0.693. The maximum atomic E-state index is 12.9. The molecule has 3 rings (SSSR count). The topological polar surface area (TPSA) is 64.7 Å². The molecule has 0 aliphatic heterocycles. The third kappa shape index (κ3) is 2.20. The maximum Gasteiger partial charge on any atom is 0.225 e. The number of pyridine rings is 1. The van der Waals surface area contributed by atoms with Crippen LogP contribution < -0.4 is 5.73 Å². The molecule has 0 amide bonds. The molecule has 0 fully saturated rings. The normalized spacial score (nSPS) is 10.8. The summed E-state index contributed by atoms with van der Waals surface area (Å²) in [5.41, 5.74) is 8.28. The molecule has 0 aliphatic rings. The minimum absolute atomic E-state index is 0.0846. The monoisotopic (exact) mass is 274 g/mol. The summed E-state index contributed by atoms with van der Waals surface area (Å²) >= 11 is 5.73. The fraction of sp³-hybridized carbons (Fsp3) is 0. The number of hydrogen-bond acceptors (Lipinski definition) is 4. The predicted octanol–water partition coefficient (Wildman–Crippen LogP) is 3.07. The van der Waals surface area contributed by atoms with Crippen molar-refractivity contribution in [1.82, 2.24) is 15.0 Å². The molecular formula is C13H8ClFN4. The van der Waals surface area contributed by atoms with Crippen molar-refractivity contribution in [3.63, 3.8) is 0 Å². The number of anilines is 1. The molecule has 19 heavy (non-hydrogen) atoms. The van der Waals surface area contributed by atoms with Gasteiger partial charge in [0.15, 0.2) is 5.82 Å². The first kappa shape index (κ1) is 11.8. The lowest BCUT2D eigenvalue weighted by molar-refractivity contribution is 0.628. The Kier molecular flexibility index (Phi) is 2.76. The predicted molar refractivity (Wildman–Crippen MR) is 72.1 cm³/mol. The number of aromatic nitrogens is 3. The number of nitrogen functional groups attached to an aromatic ring is 1. The largest absolute Gasteiger partial charge is 0.382 e. The molecule has 0 saturated carbocycles. The highest BCUT2D eigenvalue weighted by atomic mass is 35.5. The van der Waals surface area contributed by atoms with Gasteiger partial charge in [-0.25, -0.2) is 14.4 Å². The summed E-state index contributed by atoms with van der Waals surface area (Å²) in [7, 11) is 0. The van der Waals surface area contributed by atoms with Crippen LogP contribution >= 0.6 is 11.6 Å². The molecule has 94 valence electrons. The lowest BCUT2D eigenvalue weighted by atomic mass is 10.1. The first-order valence-corrected chi connectivity index (χ1v) is 5.87. The molecule has 2 heterocycles. The van der Waals surface area contributed by atoms with E-state index in [1.165, 1.54) is 12.1 Å². The van der Waals surface area contributed by atoms with Gasteiger partial charge in [-0.05, 0) is 48.0 Å². The van der Waals surface area contributed by atoms with E-state index < -0.39 is 0 Å². The third-order valence-corrected chi connectivity index (χ3v) is 2.85. The van der Waals surface area contributed by atoms with Gasteiger partial charge in [0.1, 0.15) is 11.3 Å². The summed E-state index contributed by atoms with van der Waals surface area (Å²) in [6.07, 6.45) is 0. The Labute approximate surface area is 113 Å². The van der Waals surface area contributed by atoms with Crippen LogP contribution in [0.4, 0.5) is 10.2 Å². The van der Waals surface area contributed by atoms with Crippen LogP contribution in [0.15, 0.2) is 36.4 Å². The summed E-state index contributed by atoms with van der Waals surface area (Å²) in [6.45, 7) is 0. The van der Waals surface area contributed by atoms with Gasteiger partial charge in [-0.2, -0.15) is 4.98 Å². The number of benzene rings is 1. The Morgan fingerprint density at radius 1 is 0.947 bits per heavy atom. The van der Waals surface area contributed by atoms with Gasteiger partial charge < -0.3 is 5.73 Å². The lowest BCUT2D eigenvalue weighted by Gasteiger charge is -2.04. The van der Waals surface area contributed by atoms with E-state index in [1.54, 1.807) is 24.3 Å². The summed E-state index contributed by atoms with van der Waals surface area (Å²) in [5, 5.41) is 0.0846. The Morgan fingerprint density at radius 3 is 2.42 bits per heavy atom. The molecule has 0 unspecified atom stereocenters. The van der Waals surface area contributed by atoms with Crippen molar-refractivity contribution in [2.75, 3.05) is 5.73 Å². The van der Waals surface area contributed by atoms with Gasteiger partial charge in [0.25, 0.3) is 0 Å². The van der Waals surface area contributed by atoms with Gasteiger partial charge >= 0.3 is 0 Å². The van der Waals surface area contributed by atoms with E-state index in [-0.39, 0.29) is 16.9 Å². The molecule has 0 radical (unpaired) electrons. The van der Waals surface area contributed by atoms with E-state index in [0.717, 1.165) is 5.56 Å². The highest BCUT2D eigenvalue weighted by Crippen LogP contribution is 2.23. The zero-order chi connectivity index (χ0) is 13.4. The third-order valence-electron chi connectivity index (χ3n) is 2.68.